The number of anilines is 1. The molecule has 0 fully saturated rings. The van der Waals surface area contributed by atoms with Gasteiger partial charge in [-0.25, -0.2) is 8.42 Å². The Balaban J connectivity index is 2.05. The Bertz CT molecular complexity index is 1000. The normalized spacial score (nSPS) is 17.5. The second-order valence-electron chi connectivity index (χ2n) is 5.95. The molecule has 1 heterocycles. The Morgan fingerprint density at radius 1 is 1.11 bits per heavy atom. The molecule has 0 unspecified atom stereocenters. The molecule has 1 amide bonds. The lowest BCUT2D eigenvalue weighted by molar-refractivity contribution is 0.0982. The van der Waals surface area contributed by atoms with Crippen molar-refractivity contribution >= 4 is 33.0 Å². The lowest BCUT2D eigenvalue weighted by Crippen LogP contribution is -2.41. The number of benzene rings is 2. The molecule has 0 N–H and O–H groups in total. The Morgan fingerprint density at radius 3 is 2.44 bits per heavy atom. The van der Waals surface area contributed by atoms with E-state index in [4.69, 9.17) is 21.1 Å². The number of carbonyl (C=O) groups excluding carboxylic acids is 1. The van der Waals surface area contributed by atoms with Gasteiger partial charge in [0, 0.05) is 21.7 Å². The van der Waals surface area contributed by atoms with Crippen LogP contribution in [0.15, 0.2) is 53.9 Å². The predicted octanol–water partition coefficient (Wildman–Crippen LogP) is 3.31. The lowest BCUT2D eigenvalue weighted by atomic mass is 10.1. The molecule has 0 saturated heterocycles. The van der Waals surface area contributed by atoms with Crippen LogP contribution < -0.4 is 14.4 Å². The molecule has 0 radical (unpaired) electrons. The van der Waals surface area contributed by atoms with Crippen molar-refractivity contribution in [2.45, 2.75) is 6.04 Å². The maximum Gasteiger partial charge on any atom is 0.258 e. The second-order valence-corrected chi connectivity index (χ2v) is 8.32. The Morgan fingerprint density at radius 2 is 1.85 bits per heavy atom. The minimum absolute atomic E-state index is 0.182. The fourth-order valence-electron chi connectivity index (χ4n) is 2.91. The molecule has 3 rings (SSSR count). The van der Waals surface area contributed by atoms with Crippen molar-refractivity contribution < 1.29 is 22.7 Å². The molecule has 6 nitrogen and oxygen atoms in total. The van der Waals surface area contributed by atoms with E-state index in [1.807, 2.05) is 0 Å². The first-order chi connectivity index (χ1) is 12.8. The monoisotopic (exact) mass is 407 g/mol. The molecule has 1 aliphatic heterocycles. The van der Waals surface area contributed by atoms with E-state index in [9.17, 15) is 13.2 Å². The van der Waals surface area contributed by atoms with Gasteiger partial charge < -0.3 is 14.4 Å². The largest absolute Gasteiger partial charge is 0.493 e. The first-order valence-corrected chi connectivity index (χ1v) is 10.2. The number of hydrogen-bond acceptors (Lipinski definition) is 5. The fourth-order valence-corrected chi connectivity index (χ4v) is 4.37. The highest BCUT2D eigenvalue weighted by atomic mass is 35.5. The Kier molecular flexibility index (Phi) is 5.43. The van der Waals surface area contributed by atoms with E-state index in [0.717, 1.165) is 5.41 Å². The minimum Gasteiger partial charge on any atom is -0.493 e. The van der Waals surface area contributed by atoms with E-state index < -0.39 is 15.9 Å². The van der Waals surface area contributed by atoms with Crippen molar-refractivity contribution in [3.05, 3.63) is 64.5 Å². The van der Waals surface area contributed by atoms with Gasteiger partial charge >= 0.3 is 0 Å². The van der Waals surface area contributed by atoms with Crippen LogP contribution in [0.2, 0.25) is 5.02 Å². The van der Waals surface area contributed by atoms with Gasteiger partial charge in [-0.15, -0.1) is 0 Å². The molecule has 27 heavy (non-hydrogen) atoms. The highest BCUT2D eigenvalue weighted by molar-refractivity contribution is 7.94. The number of sulfone groups is 1. The molecule has 0 aromatic heterocycles. The summed E-state index contributed by atoms with van der Waals surface area (Å²) in [5.41, 5.74) is 0.847. The SMILES string of the molecule is COc1ccc(C(=O)N(c2cccc(Cl)c2)[C@@H]2C=CS(=O)(=O)C2)cc1OC. The number of nitrogens with zero attached hydrogens (tertiary/aromatic N) is 1. The van der Waals surface area contributed by atoms with Gasteiger partial charge in [-0.1, -0.05) is 17.7 Å². The van der Waals surface area contributed by atoms with E-state index in [1.165, 1.54) is 25.2 Å². The summed E-state index contributed by atoms with van der Waals surface area (Å²) in [6.45, 7) is 0. The molecule has 2 aromatic carbocycles. The standard InChI is InChI=1S/C19H18ClNO5S/c1-25-17-7-6-13(10-18(17)26-2)19(22)21(15-5-3-4-14(20)11-15)16-8-9-27(23,24)12-16/h3-11,16H,12H2,1-2H3/t16-/m1/s1. The van der Waals surface area contributed by atoms with Gasteiger partial charge in [-0.3, -0.25) is 4.79 Å². The summed E-state index contributed by atoms with van der Waals surface area (Å²) in [7, 11) is -0.365. The van der Waals surface area contributed by atoms with Gasteiger partial charge in [0.1, 0.15) is 0 Å². The van der Waals surface area contributed by atoms with Crippen molar-refractivity contribution in [3.8, 4) is 11.5 Å². The third kappa shape index (κ3) is 4.09. The second kappa shape index (κ2) is 7.62. The number of amides is 1. The Labute approximate surface area is 162 Å². The maximum absolute atomic E-state index is 13.3. The van der Waals surface area contributed by atoms with Gasteiger partial charge in [-0.05, 0) is 42.5 Å². The Hall–Kier alpha value is -2.51. The zero-order valence-corrected chi connectivity index (χ0v) is 16.3. The van der Waals surface area contributed by atoms with Crippen LogP contribution in [-0.2, 0) is 9.84 Å². The molecule has 142 valence electrons. The number of methoxy groups -OCH3 is 2. The van der Waals surface area contributed by atoms with Crippen LogP contribution in [0.5, 0.6) is 11.5 Å². The molecule has 8 heteroatoms. The average molecular weight is 408 g/mol. The topological polar surface area (TPSA) is 72.9 Å². The quantitative estimate of drug-likeness (QED) is 0.760. The number of halogens is 1. The molecule has 2 aromatic rings. The molecule has 0 saturated carbocycles. The smallest absolute Gasteiger partial charge is 0.258 e. The average Bonchev–Trinajstić information content (AvgIpc) is 3.00. The maximum atomic E-state index is 13.3. The first-order valence-electron chi connectivity index (χ1n) is 8.07. The first kappa shape index (κ1) is 19.3. The third-order valence-corrected chi connectivity index (χ3v) is 5.79. The molecule has 0 bridgehead atoms. The summed E-state index contributed by atoms with van der Waals surface area (Å²) in [4.78, 5) is 14.7. The van der Waals surface area contributed by atoms with Gasteiger partial charge in [0.2, 0.25) is 0 Å². The summed E-state index contributed by atoms with van der Waals surface area (Å²) in [5, 5.41) is 1.58. The van der Waals surface area contributed by atoms with E-state index in [-0.39, 0.29) is 11.7 Å². The molecular formula is C19H18ClNO5S. The summed E-state index contributed by atoms with van der Waals surface area (Å²) in [6, 6.07) is 10.9. The van der Waals surface area contributed by atoms with Crippen LogP contribution in [0, 0.1) is 0 Å². The fraction of sp³-hybridized carbons (Fsp3) is 0.211. The van der Waals surface area contributed by atoms with Crippen LogP contribution >= 0.6 is 11.6 Å². The van der Waals surface area contributed by atoms with Crippen molar-refractivity contribution in [2.75, 3.05) is 24.9 Å². The summed E-state index contributed by atoms with van der Waals surface area (Å²) in [5.74, 6) is 0.346. The zero-order chi connectivity index (χ0) is 19.6. The summed E-state index contributed by atoms with van der Waals surface area (Å²) in [6.07, 6.45) is 1.51. The van der Waals surface area contributed by atoms with E-state index in [0.29, 0.717) is 27.8 Å². The van der Waals surface area contributed by atoms with Crippen LogP contribution in [0.4, 0.5) is 5.69 Å². The van der Waals surface area contributed by atoms with Gasteiger partial charge in [0.25, 0.3) is 5.91 Å². The van der Waals surface area contributed by atoms with Crippen molar-refractivity contribution in [1.29, 1.82) is 0 Å². The van der Waals surface area contributed by atoms with Crippen molar-refractivity contribution in [3.63, 3.8) is 0 Å². The summed E-state index contributed by atoms with van der Waals surface area (Å²) < 4.78 is 34.3. The molecular weight excluding hydrogens is 390 g/mol. The number of rotatable bonds is 5. The predicted molar refractivity (Wildman–Crippen MR) is 105 cm³/mol. The minimum atomic E-state index is -3.35. The van der Waals surface area contributed by atoms with Crippen molar-refractivity contribution in [2.24, 2.45) is 0 Å². The van der Waals surface area contributed by atoms with E-state index in [1.54, 1.807) is 42.5 Å². The van der Waals surface area contributed by atoms with Crippen LogP contribution in [0.25, 0.3) is 0 Å². The molecule has 1 atom stereocenters. The van der Waals surface area contributed by atoms with Gasteiger partial charge in [0.15, 0.2) is 21.3 Å². The van der Waals surface area contributed by atoms with Crippen molar-refractivity contribution in [1.82, 2.24) is 0 Å². The molecule has 0 spiro atoms. The highest BCUT2D eigenvalue weighted by Gasteiger charge is 2.32. The summed E-state index contributed by atoms with van der Waals surface area (Å²) >= 11 is 6.08. The third-order valence-electron chi connectivity index (χ3n) is 4.18. The van der Waals surface area contributed by atoms with Crippen LogP contribution in [0.1, 0.15) is 10.4 Å². The number of hydrogen-bond donors (Lipinski definition) is 0. The lowest BCUT2D eigenvalue weighted by Gasteiger charge is -2.28. The zero-order valence-electron chi connectivity index (χ0n) is 14.8. The van der Waals surface area contributed by atoms with Crippen LogP contribution in [0.3, 0.4) is 0 Å². The van der Waals surface area contributed by atoms with Gasteiger partial charge in [0.05, 0.1) is 26.0 Å². The number of ether oxygens (including phenoxy) is 2. The van der Waals surface area contributed by atoms with E-state index in [2.05, 4.69) is 0 Å². The molecule has 0 aliphatic carbocycles. The van der Waals surface area contributed by atoms with Crippen LogP contribution in [-0.4, -0.2) is 40.3 Å². The highest BCUT2D eigenvalue weighted by Crippen LogP contribution is 2.31. The van der Waals surface area contributed by atoms with E-state index >= 15 is 0 Å². The molecule has 1 aliphatic rings. The van der Waals surface area contributed by atoms with Gasteiger partial charge in [-0.2, -0.15) is 0 Å². The number of carbonyl (C=O) groups is 1.